The molecule has 0 radical (unpaired) electrons. The lowest BCUT2D eigenvalue weighted by Crippen LogP contribution is -2.52. The van der Waals surface area contributed by atoms with Gasteiger partial charge in [-0.3, -0.25) is 0 Å². The molecule has 3 unspecified atom stereocenters. The van der Waals surface area contributed by atoms with Crippen molar-refractivity contribution in [1.82, 2.24) is 14.3 Å². The van der Waals surface area contributed by atoms with Gasteiger partial charge < -0.3 is 5.32 Å². The lowest BCUT2D eigenvalue weighted by molar-refractivity contribution is 0.242. The molecule has 1 aliphatic heterocycles. The molecule has 0 aromatic rings. The van der Waals surface area contributed by atoms with Gasteiger partial charge in [0, 0.05) is 31.7 Å². The van der Waals surface area contributed by atoms with Crippen molar-refractivity contribution >= 4 is 10.2 Å². The zero-order chi connectivity index (χ0) is 14.2. The van der Waals surface area contributed by atoms with E-state index in [0.29, 0.717) is 31.0 Å². The third-order valence-corrected chi connectivity index (χ3v) is 6.54. The van der Waals surface area contributed by atoms with Crippen molar-refractivity contribution in [3.05, 3.63) is 0 Å². The van der Waals surface area contributed by atoms with Crippen molar-refractivity contribution < 1.29 is 8.42 Å². The predicted molar refractivity (Wildman–Crippen MR) is 79.6 cm³/mol. The Labute approximate surface area is 122 Å². The first kappa shape index (κ1) is 14.8. The Morgan fingerprint density at radius 3 is 2.55 bits per heavy atom. The quantitative estimate of drug-likeness (QED) is 0.740. The largest absolute Gasteiger partial charge is 0.312 e. The second kappa shape index (κ2) is 5.91. The Kier molecular flexibility index (Phi) is 4.36. The zero-order valence-corrected chi connectivity index (χ0v) is 13.2. The summed E-state index contributed by atoms with van der Waals surface area (Å²) in [7, 11) is -3.30. The van der Waals surface area contributed by atoms with Crippen LogP contribution in [0, 0.1) is 11.8 Å². The van der Waals surface area contributed by atoms with Gasteiger partial charge in [0.2, 0.25) is 0 Å². The molecule has 3 atom stereocenters. The predicted octanol–water partition coefficient (Wildman–Crippen LogP) is 1.08. The lowest BCUT2D eigenvalue weighted by Gasteiger charge is -2.34. The van der Waals surface area contributed by atoms with E-state index in [4.69, 9.17) is 0 Å². The van der Waals surface area contributed by atoms with Gasteiger partial charge in [-0.15, -0.1) is 0 Å². The minimum Gasteiger partial charge on any atom is -0.312 e. The fraction of sp³-hybridized carbons (Fsp3) is 1.00. The Morgan fingerprint density at radius 1 is 1.15 bits per heavy atom. The molecule has 0 bridgehead atoms. The molecule has 0 spiro atoms. The molecular formula is C14H27N3O2S. The van der Waals surface area contributed by atoms with Crippen LogP contribution in [0.4, 0.5) is 0 Å². The van der Waals surface area contributed by atoms with Gasteiger partial charge in [0.15, 0.2) is 0 Å². The van der Waals surface area contributed by atoms with Crippen molar-refractivity contribution in [2.24, 2.45) is 11.8 Å². The van der Waals surface area contributed by atoms with Crippen LogP contribution in [0.25, 0.3) is 0 Å². The van der Waals surface area contributed by atoms with Crippen molar-refractivity contribution in [2.45, 2.75) is 57.5 Å². The van der Waals surface area contributed by atoms with Gasteiger partial charge in [0.05, 0.1) is 0 Å². The maximum Gasteiger partial charge on any atom is 0.279 e. The highest BCUT2D eigenvalue weighted by Gasteiger charge is 2.37. The first-order valence-corrected chi connectivity index (χ1v) is 9.50. The molecule has 1 heterocycles. The fourth-order valence-electron chi connectivity index (χ4n) is 3.06. The van der Waals surface area contributed by atoms with Crippen LogP contribution in [0.3, 0.4) is 0 Å². The van der Waals surface area contributed by atoms with Crippen LogP contribution in [0.15, 0.2) is 0 Å². The average molecular weight is 301 g/mol. The Balaban J connectivity index is 1.55. The van der Waals surface area contributed by atoms with E-state index in [1.54, 1.807) is 4.31 Å². The standard InChI is InChI=1S/C14H27N3O2S/c1-11-8-12(11)9-16-20(18,19)17-7-3-2-4-14(17)10-15-13-5-6-13/h11-16H,2-10H2,1H3. The van der Waals surface area contributed by atoms with Gasteiger partial charge in [-0.2, -0.15) is 12.7 Å². The summed E-state index contributed by atoms with van der Waals surface area (Å²) in [5.41, 5.74) is 0. The lowest BCUT2D eigenvalue weighted by atomic mass is 10.1. The van der Waals surface area contributed by atoms with Gasteiger partial charge in [0.25, 0.3) is 10.2 Å². The number of nitrogens with zero attached hydrogens (tertiary/aromatic N) is 1. The molecule has 2 N–H and O–H groups in total. The molecule has 3 rings (SSSR count). The van der Waals surface area contributed by atoms with Crippen LogP contribution in [-0.2, 0) is 10.2 Å². The zero-order valence-electron chi connectivity index (χ0n) is 12.3. The molecule has 0 amide bonds. The molecule has 1 saturated heterocycles. The highest BCUT2D eigenvalue weighted by atomic mass is 32.2. The molecule has 6 heteroatoms. The highest BCUT2D eigenvalue weighted by molar-refractivity contribution is 7.87. The van der Waals surface area contributed by atoms with Crippen molar-refractivity contribution in [2.75, 3.05) is 19.6 Å². The van der Waals surface area contributed by atoms with Gasteiger partial charge in [-0.1, -0.05) is 13.3 Å². The third kappa shape index (κ3) is 3.72. The van der Waals surface area contributed by atoms with Gasteiger partial charge in [-0.05, 0) is 43.9 Å². The van der Waals surface area contributed by atoms with Gasteiger partial charge in [0.1, 0.15) is 0 Å². The molecule has 116 valence electrons. The molecule has 3 aliphatic rings. The fourth-order valence-corrected chi connectivity index (χ4v) is 4.60. The molecular weight excluding hydrogens is 274 g/mol. The van der Waals surface area contributed by atoms with Crippen LogP contribution >= 0.6 is 0 Å². The van der Waals surface area contributed by atoms with E-state index in [1.807, 2.05) is 0 Å². The molecule has 0 aromatic heterocycles. The number of nitrogens with one attached hydrogen (secondary N) is 2. The van der Waals surface area contributed by atoms with E-state index in [1.165, 1.54) is 12.8 Å². The monoisotopic (exact) mass is 301 g/mol. The first-order valence-electron chi connectivity index (χ1n) is 8.06. The maximum absolute atomic E-state index is 12.5. The highest BCUT2D eigenvalue weighted by Crippen LogP contribution is 2.37. The minimum atomic E-state index is -3.30. The van der Waals surface area contributed by atoms with Crippen molar-refractivity contribution in [3.63, 3.8) is 0 Å². The molecule has 5 nitrogen and oxygen atoms in total. The SMILES string of the molecule is CC1CC1CNS(=O)(=O)N1CCCCC1CNC1CC1. The Hall–Kier alpha value is -0.170. The summed E-state index contributed by atoms with van der Waals surface area (Å²) in [6.45, 7) is 4.28. The summed E-state index contributed by atoms with van der Waals surface area (Å²) < 4.78 is 29.5. The Morgan fingerprint density at radius 2 is 1.90 bits per heavy atom. The van der Waals surface area contributed by atoms with Gasteiger partial charge in [-0.25, -0.2) is 4.72 Å². The van der Waals surface area contributed by atoms with Crippen molar-refractivity contribution in [1.29, 1.82) is 0 Å². The second-order valence-electron chi connectivity index (χ2n) is 6.77. The van der Waals surface area contributed by atoms with Crippen molar-refractivity contribution in [3.8, 4) is 0 Å². The normalized spacial score (nSPS) is 35.1. The summed E-state index contributed by atoms with van der Waals surface area (Å²) in [5.74, 6) is 1.24. The smallest absolute Gasteiger partial charge is 0.279 e. The van der Waals surface area contributed by atoms with E-state index in [-0.39, 0.29) is 6.04 Å². The van der Waals surface area contributed by atoms with Crippen LogP contribution in [0.1, 0.15) is 45.4 Å². The number of rotatable bonds is 7. The number of hydrogen-bond donors (Lipinski definition) is 2. The number of hydrogen-bond acceptors (Lipinski definition) is 3. The van der Waals surface area contributed by atoms with Crippen LogP contribution in [0.2, 0.25) is 0 Å². The van der Waals surface area contributed by atoms with Crippen LogP contribution in [-0.4, -0.2) is 44.4 Å². The first-order chi connectivity index (χ1) is 9.56. The maximum atomic E-state index is 12.5. The van der Waals surface area contributed by atoms with Gasteiger partial charge >= 0.3 is 0 Å². The summed E-state index contributed by atoms with van der Waals surface area (Å²) in [6.07, 6.45) is 6.77. The summed E-state index contributed by atoms with van der Waals surface area (Å²) in [5, 5.41) is 3.48. The number of piperidine rings is 1. The second-order valence-corrected chi connectivity index (χ2v) is 8.48. The molecule has 3 fully saturated rings. The summed E-state index contributed by atoms with van der Waals surface area (Å²) in [4.78, 5) is 0. The molecule has 2 aliphatic carbocycles. The van der Waals surface area contributed by atoms with Crippen LogP contribution < -0.4 is 10.0 Å². The van der Waals surface area contributed by atoms with E-state index < -0.39 is 10.2 Å². The van der Waals surface area contributed by atoms with E-state index in [0.717, 1.165) is 32.2 Å². The minimum absolute atomic E-state index is 0.137. The topological polar surface area (TPSA) is 61.4 Å². The average Bonchev–Trinajstić information content (AvgIpc) is 3.32. The molecule has 20 heavy (non-hydrogen) atoms. The molecule has 0 aromatic carbocycles. The van der Waals surface area contributed by atoms with E-state index in [2.05, 4.69) is 17.0 Å². The molecule has 2 saturated carbocycles. The summed E-state index contributed by atoms with van der Waals surface area (Å²) >= 11 is 0. The van der Waals surface area contributed by atoms with E-state index >= 15 is 0 Å². The Bertz CT molecular complexity index is 436. The third-order valence-electron chi connectivity index (χ3n) is 4.91. The van der Waals surface area contributed by atoms with Crippen LogP contribution in [0.5, 0.6) is 0 Å². The summed E-state index contributed by atoms with van der Waals surface area (Å²) in [6, 6.07) is 0.778. The van der Waals surface area contributed by atoms with E-state index in [9.17, 15) is 8.42 Å².